The predicted molar refractivity (Wildman–Crippen MR) is 62.6 cm³/mol. The first kappa shape index (κ1) is 11.9. The van der Waals surface area contributed by atoms with Gasteiger partial charge in [-0.15, -0.1) is 0 Å². The van der Waals surface area contributed by atoms with Crippen LogP contribution in [0.3, 0.4) is 0 Å². The number of β-amino-alcohol motifs (C(OH)–C–C–N with tert-alkyl or cyclic N) is 1. The van der Waals surface area contributed by atoms with Crippen molar-refractivity contribution in [1.29, 1.82) is 5.41 Å². The second-order valence-corrected chi connectivity index (χ2v) is 3.92. The molecule has 84 valence electrons. The van der Waals surface area contributed by atoms with E-state index in [9.17, 15) is 5.11 Å². The van der Waals surface area contributed by atoms with Crippen molar-refractivity contribution in [1.82, 2.24) is 4.90 Å². The van der Waals surface area contributed by atoms with Crippen LogP contribution in [0.1, 0.15) is 13.3 Å². The smallest absolute Gasteiger partial charge is 0.123 e. The van der Waals surface area contributed by atoms with Gasteiger partial charge in [0, 0.05) is 19.6 Å². The van der Waals surface area contributed by atoms with Gasteiger partial charge < -0.3 is 15.4 Å². The summed E-state index contributed by atoms with van der Waals surface area (Å²) in [6, 6.07) is 0. The van der Waals surface area contributed by atoms with Crippen molar-refractivity contribution in [2.75, 3.05) is 19.6 Å². The van der Waals surface area contributed by atoms with E-state index in [-0.39, 0.29) is 6.10 Å². The molecule has 0 aromatic carbocycles. The molecule has 0 bridgehead atoms. The average molecular weight is 209 g/mol. The lowest BCUT2D eigenvalue weighted by atomic mass is 10.1. The van der Waals surface area contributed by atoms with Crippen molar-refractivity contribution in [2.24, 2.45) is 10.9 Å². The summed E-state index contributed by atoms with van der Waals surface area (Å²) in [5, 5.41) is 14.9. The number of rotatable bonds is 0. The first-order valence-electron chi connectivity index (χ1n) is 5.27. The third kappa shape index (κ3) is 3.16. The quantitative estimate of drug-likeness (QED) is 0.583. The molecule has 2 aliphatic rings. The maximum absolute atomic E-state index is 9.36. The van der Waals surface area contributed by atoms with Crippen LogP contribution in [-0.4, -0.2) is 48.3 Å². The van der Waals surface area contributed by atoms with Crippen molar-refractivity contribution >= 4 is 12.6 Å². The van der Waals surface area contributed by atoms with Gasteiger partial charge in [-0.3, -0.25) is 4.99 Å². The van der Waals surface area contributed by atoms with Crippen LogP contribution in [0.25, 0.3) is 0 Å². The molecule has 2 aliphatic heterocycles. The lowest BCUT2D eigenvalue weighted by molar-refractivity contribution is 0.188. The van der Waals surface area contributed by atoms with Crippen molar-refractivity contribution in [3.63, 3.8) is 0 Å². The van der Waals surface area contributed by atoms with Crippen LogP contribution in [0.5, 0.6) is 0 Å². The molecule has 1 saturated heterocycles. The van der Waals surface area contributed by atoms with Crippen molar-refractivity contribution in [3.8, 4) is 0 Å². The van der Waals surface area contributed by atoms with Crippen LogP contribution < -0.4 is 0 Å². The van der Waals surface area contributed by atoms with Gasteiger partial charge in [-0.2, -0.15) is 0 Å². The zero-order valence-electron chi connectivity index (χ0n) is 9.19. The van der Waals surface area contributed by atoms with E-state index in [1.165, 1.54) is 0 Å². The molecule has 4 heteroatoms. The predicted octanol–water partition coefficient (Wildman–Crippen LogP) is 0.923. The number of aliphatic hydroxyl groups is 1. The highest BCUT2D eigenvalue weighted by molar-refractivity contribution is 5.93. The molecule has 2 heterocycles. The van der Waals surface area contributed by atoms with Gasteiger partial charge in [-0.05, 0) is 25.1 Å². The van der Waals surface area contributed by atoms with E-state index in [0.717, 1.165) is 31.9 Å². The minimum absolute atomic E-state index is 0.157. The summed E-state index contributed by atoms with van der Waals surface area (Å²) in [5.41, 5.74) is 0. The van der Waals surface area contributed by atoms with Gasteiger partial charge in [0.05, 0.1) is 6.10 Å². The monoisotopic (exact) mass is 209 g/mol. The van der Waals surface area contributed by atoms with Crippen molar-refractivity contribution < 1.29 is 5.11 Å². The molecule has 1 fully saturated rings. The number of dihydropyridines is 1. The van der Waals surface area contributed by atoms with Crippen molar-refractivity contribution in [3.05, 3.63) is 12.2 Å². The fourth-order valence-electron chi connectivity index (χ4n) is 1.76. The number of aliphatic hydroxyl groups excluding tert-OH is 1. The topological polar surface area (TPSA) is 59.7 Å². The second kappa shape index (κ2) is 5.66. The highest BCUT2D eigenvalue weighted by Gasteiger charge is 2.22. The van der Waals surface area contributed by atoms with Gasteiger partial charge in [0.25, 0.3) is 0 Å². The summed E-state index contributed by atoms with van der Waals surface area (Å²) in [5.74, 6) is 1.62. The number of likely N-dealkylation sites (tertiary alicyclic amines) is 1. The standard InChI is InChI=1S/C10H16N2O.CH3N/c1-8-2-3-10(11-6-8)12-5-4-9(13)7-12;1-2/h2-3,8-9,13H,4-7H2,1H3;2H,1H2. The Morgan fingerprint density at radius 1 is 1.60 bits per heavy atom. The molecule has 2 N–H and O–H groups in total. The van der Waals surface area contributed by atoms with Crippen LogP contribution in [0.2, 0.25) is 0 Å². The van der Waals surface area contributed by atoms with E-state index in [0.29, 0.717) is 5.92 Å². The Kier molecular flexibility index (Phi) is 4.49. The zero-order chi connectivity index (χ0) is 11.3. The molecule has 0 spiro atoms. The second-order valence-electron chi connectivity index (χ2n) is 3.92. The Balaban J connectivity index is 0.000000531. The van der Waals surface area contributed by atoms with Gasteiger partial charge in [0.2, 0.25) is 0 Å². The number of hydrogen-bond donors (Lipinski definition) is 2. The van der Waals surface area contributed by atoms with Crippen LogP contribution in [-0.2, 0) is 0 Å². The highest BCUT2D eigenvalue weighted by atomic mass is 16.3. The van der Waals surface area contributed by atoms with Gasteiger partial charge >= 0.3 is 0 Å². The molecular formula is C11H19N3O. The van der Waals surface area contributed by atoms with Crippen molar-refractivity contribution in [2.45, 2.75) is 19.4 Å². The van der Waals surface area contributed by atoms with E-state index in [1.54, 1.807) is 0 Å². The fraction of sp³-hybridized carbons (Fsp3) is 0.636. The Labute approximate surface area is 90.8 Å². The molecular weight excluding hydrogens is 190 g/mol. The summed E-state index contributed by atoms with van der Waals surface area (Å²) >= 11 is 0. The van der Waals surface area contributed by atoms with E-state index >= 15 is 0 Å². The molecule has 0 aromatic rings. The lowest BCUT2D eigenvalue weighted by Crippen LogP contribution is -2.30. The molecule has 0 saturated carbocycles. The maximum atomic E-state index is 9.36. The van der Waals surface area contributed by atoms with Gasteiger partial charge in [-0.1, -0.05) is 13.0 Å². The SMILES string of the molecule is C=N.CC1C=CC(N2CCC(O)C2)=NC1. The number of aliphatic imine (C=N–C) groups is 1. The third-order valence-corrected chi connectivity index (χ3v) is 2.60. The lowest BCUT2D eigenvalue weighted by Gasteiger charge is -2.21. The summed E-state index contributed by atoms with van der Waals surface area (Å²) in [6.45, 7) is 7.24. The summed E-state index contributed by atoms with van der Waals surface area (Å²) < 4.78 is 0. The first-order chi connectivity index (χ1) is 7.25. The molecule has 2 rings (SSSR count). The Morgan fingerprint density at radius 3 is 2.80 bits per heavy atom. The first-order valence-corrected chi connectivity index (χ1v) is 5.27. The molecule has 0 amide bonds. The fourth-order valence-corrected chi connectivity index (χ4v) is 1.76. The number of amidine groups is 1. The molecule has 0 aliphatic carbocycles. The van der Waals surface area contributed by atoms with E-state index in [4.69, 9.17) is 5.41 Å². The summed E-state index contributed by atoms with van der Waals surface area (Å²) in [4.78, 5) is 6.63. The summed E-state index contributed by atoms with van der Waals surface area (Å²) in [7, 11) is 0. The number of nitrogens with one attached hydrogen (secondary N) is 1. The van der Waals surface area contributed by atoms with E-state index in [1.807, 2.05) is 0 Å². The van der Waals surface area contributed by atoms with Crippen LogP contribution in [0, 0.1) is 11.3 Å². The zero-order valence-corrected chi connectivity index (χ0v) is 9.19. The van der Waals surface area contributed by atoms with Gasteiger partial charge in [-0.25, -0.2) is 0 Å². The Bertz CT molecular complexity index is 263. The summed E-state index contributed by atoms with van der Waals surface area (Å²) in [6.07, 6.45) is 4.98. The normalized spacial score (nSPS) is 29.5. The highest BCUT2D eigenvalue weighted by Crippen LogP contribution is 2.13. The van der Waals surface area contributed by atoms with Gasteiger partial charge in [0.15, 0.2) is 0 Å². The van der Waals surface area contributed by atoms with Crippen LogP contribution in [0.4, 0.5) is 0 Å². The van der Waals surface area contributed by atoms with Crippen LogP contribution >= 0.6 is 0 Å². The van der Waals surface area contributed by atoms with E-state index in [2.05, 4.69) is 35.7 Å². The molecule has 0 radical (unpaired) electrons. The molecule has 0 aromatic heterocycles. The molecule has 2 unspecified atom stereocenters. The minimum Gasteiger partial charge on any atom is -0.391 e. The number of nitrogens with zero attached hydrogens (tertiary/aromatic N) is 2. The maximum Gasteiger partial charge on any atom is 0.123 e. The average Bonchev–Trinajstić information content (AvgIpc) is 2.69. The largest absolute Gasteiger partial charge is 0.391 e. The Morgan fingerprint density at radius 2 is 2.33 bits per heavy atom. The van der Waals surface area contributed by atoms with Crippen LogP contribution in [0.15, 0.2) is 17.1 Å². The molecule has 4 nitrogen and oxygen atoms in total. The van der Waals surface area contributed by atoms with Gasteiger partial charge in [0.1, 0.15) is 5.84 Å². The molecule has 15 heavy (non-hydrogen) atoms. The third-order valence-electron chi connectivity index (χ3n) is 2.60. The Hall–Kier alpha value is -1.16. The van der Waals surface area contributed by atoms with E-state index < -0.39 is 0 Å². The number of hydrogen-bond acceptors (Lipinski definition) is 4. The molecule has 2 atom stereocenters. The minimum atomic E-state index is -0.157.